The summed E-state index contributed by atoms with van der Waals surface area (Å²) in [5.74, 6) is 1.82. The Morgan fingerprint density at radius 3 is 3.25 bits per heavy atom. The van der Waals surface area contributed by atoms with Crippen molar-refractivity contribution in [2.45, 2.75) is 12.6 Å². The summed E-state index contributed by atoms with van der Waals surface area (Å²) in [6.07, 6.45) is 0. The summed E-state index contributed by atoms with van der Waals surface area (Å²) in [5, 5.41) is 10.6. The van der Waals surface area contributed by atoms with Crippen molar-refractivity contribution in [2.24, 2.45) is 0 Å². The van der Waals surface area contributed by atoms with Gasteiger partial charge in [0.1, 0.15) is 11.2 Å². The summed E-state index contributed by atoms with van der Waals surface area (Å²) in [7, 11) is 1.68. The Bertz CT molecular complexity index is 402. The molecule has 1 aromatic carbocycles. The average Bonchev–Trinajstić information content (AvgIpc) is 3.05. The van der Waals surface area contributed by atoms with E-state index in [-0.39, 0.29) is 0 Å². The lowest BCUT2D eigenvalue weighted by molar-refractivity contribution is 0.413. The molecule has 0 radical (unpaired) electrons. The van der Waals surface area contributed by atoms with Crippen LogP contribution in [-0.2, 0) is 6.54 Å². The molecule has 2 rings (SSSR count). The van der Waals surface area contributed by atoms with Crippen molar-refractivity contribution in [2.75, 3.05) is 19.4 Å². The second-order valence-corrected chi connectivity index (χ2v) is 4.64. The maximum Gasteiger partial charge on any atom is 0.133 e. The van der Waals surface area contributed by atoms with Gasteiger partial charge in [0.05, 0.1) is 7.11 Å². The molecule has 0 saturated carbocycles. The topological polar surface area (TPSA) is 36.0 Å². The summed E-state index contributed by atoms with van der Waals surface area (Å²) in [6, 6.07) is 8.71. The molecule has 2 atom stereocenters. The molecule has 4 heteroatoms. The SMILES string of the molecule is COc1cccc(CN2CC2CSC#N)c1. The standard InChI is InChI=1S/C12H14N2OS/c1-15-12-4-2-3-10(5-12)6-14-7-11(14)8-16-9-13/h2-5,11H,6-8H2,1H3. The fourth-order valence-corrected chi connectivity index (χ4v) is 2.30. The lowest BCUT2D eigenvalue weighted by Crippen LogP contribution is -2.03. The highest BCUT2D eigenvalue weighted by molar-refractivity contribution is 8.03. The number of nitrogens with zero attached hydrogens (tertiary/aromatic N) is 2. The zero-order chi connectivity index (χ0) is 11.4. The minimum absolute atomic E-state index is 0.579. The predicted molar refractivity (Wildman–Crippen MR) is 65.3 cm³/mol. The van der Waals surface area contributed by atoms with Gasteiger partial charge in [-0.3, -0.25) is 4.90 Å². The highest BCUT2D eigenvalue weighted by atomic mass is 32.2. The van der Waals surface area contributed by atoms with Crippen LogP contribution >= 0.6 is 11.8 Å². The normalized spacial score (nSPS) is 22.5. The Labute approximate surface area is 100 Å². The van der Waals surface area contributed by atoms with E-state index in [1.807, 2.05) is 12.1 Å². The first-order valence-corrected chi connectivity index (χ1v) is 6.20. The van der Waals surface area contributed by atoms with Crippen molar-refractivity contribution in [3.8, 4) is 11.2 Å². The summed E-state index contributed by atoms with van der Waals surface area (Å²) in [4.78, 5) is 2.36. The maximum atomic E-state index is 8.47. The van der Waals surface area contributed by atoms with E-state index in [1.165, 1.54) is 17.3 Å². The van der Waals surface area contributed by atoms with Crippen LogP contribution in [0.1, 0.15) is 5.56 Å². The summed E-state index contributed by atoms with van der Waals surface area (Å²) < 4.78 is 5.18. The number of ether oxygens (including phenoxy) is 1. The predicted octanol–water partition coefficient (Wildman–Crippen LogP) is 2.09. The van der Waals surface area contributed by atoms with Gasteiger partial charge >= 0.3 is 0 Å². The van der Waals surface area contributed by atoms with Crippen LogP contribution in [0.2, 0.25) is 0 Å². The van der Waals surface area contributed by atoms with E-state index in [0.29, 0.717) is 6.04 Å². The molecule has 0 N–H and O–H groups in total. The number of nitriles is 1. The van der Waals surface area contributed by atoms with Crippen molar-refractivity contribution in [3.05, 3.63) is 29.8 Å². The molecular weight excluding hydrogens is 220 g/mol. The van der Waals surface area contributed by atoms with Crippen molar-refractivity contribution >= 4 is 11.8 Å². The smallest absolute Gasteiger partial charge is 0.133 e. The van der Waals surface area contributed by atoms with Crippen LogP contribution in [0.3, 0.4) is 0 Å². The van der Waals surface area contributed by atoms with Crippen LogP contribution in [-0.4, -0.2) is 30.3 Å². The molecule has 3 nitrogen and oxygen atoms in total. The van der Waals surface area contributed by atoms with Gasteiger partial charge in [0.2, 0.25) is 0 Å². The first-order valence-electron chi connectivity index (χ1n) is 5.21. The van der Waals surface area contributed by atoms with E-state index in [4.69, 9.17) is 10.00 Å². The van der Waals surface area contributed by atoms with Crippen molar-refractivity contribution in [1.82, 2.24) is 4.90 Å². The van der Waals surface area contributed by atoms with E-state index >= 15 is 0 Å². The molecule has 0 bridgehead atoms. The van der Waals surface area contributed by atoms with Gasteiger partial charge in [-0.15, -0.1) is 0 Å². The number of thiocyanates is 1. The Morgan fingerprint density at radius 1 is 1.62 bits per heavy atom. The van der Waals surface area contributed by atoms with Gasteiger partial charge in [0.15, 0.2) is 0 Å². The van der Waals surface area contributed by atoms with Crippen molar-refractivity contribution in [3.63, 3.8) is 0 Å². The number of benzene rings is 1. The molecule has 0 spiro atoms. The number of thioether (sulfide) groups is 1. The van der Waals surface area contributed by atoms with Crippen LogP contribution in [0.25, 0.3) is 0 Å². The highest BCUT2D eigenvalue weighted by Crippen LogP contribution is 2.25. The van der Waals surface area contributed by atoms with Crippen LogP contribution < -0.4 is 4.74 Å². The highest BCUT2D eigenvalue weighted by Gasteiger charge is 2.33. The number of rotatable bonds is 5. The minimum Gasteiger partial charge on any atom is -0.497 e. The van der Waals surface area contributed by atoms with Crippen molar-refractivity contribution < 1.29 is 4.74 Å². The van der Waals surface area contributed by atoms with Crippen LogP contribution in [0.5, 0.6) is 5.75 Å². The molecule has 1 heterocycles. The lowest BCUT2D eigenvalue weighted by atomic mass is 10.2. The molecule has 1 fully saturated rings. The van der Waals surface area contributed by atoms with Gasteiger partial charge in [0.25, 0.3) is 0 Å². The van der Waals surface area contributed by atoms with Gasteiger partial charge in [-0.1, -0.05) is 12.1 Å². The molecule has 1 aliphatic heterocycles. The van der Waals surface area contributed by atoms with E-state index in [1.54, 1.807) is 7.11 Å². The maximum absolute atomic E-state index is 8.47. The Kier molecular flexibility index (Phi) is 3.70. The monoisotopic (exact) mass is 234 g/mol. The molecule has 1 saturated heterocycles. The third kappa shape index (κ3) is 2.91. The Morgan fingerprint density at radius 2 is 2.50 bits per heavy atom. The Hall–Kier alpha value is -1.18. The van der Waals surface area contributed by atoms with Gasteiger partial charge < -0.3 is 4.74 Å². The third-order valence-corrected chi connectivity index (χ3v) is 3.37. The molecule has 1 aromatic rings. The van der Waals surface area contributed by atoms with E-state index in [9.17, 15) is 0 Å². The first kappa shape index (κ1) is 11.3. The number of hydrogen-bond acceptors (Lipinski definition) is 4. The largest absolute Gasteiger partial charge is 0.497 e. The number of methoxy groups -OCH3 is 1. The summed E-state index contributed by atoms with van der Waals surface area (Å²) >= 11 is 1.34. The van der Waals surface area contributed by atoms with Crippen LogP contribution in [0.4, 0.5) is 0 Å². The minimum atomic E-state index is 0.579. The molecule has 0 amide bonds. The van der Waals surface area contributed by atoms with Gasteiger partial charge in [0, 0.05) is 24.9 Å². The van der Waals surface area contributed by atoms with Crippen LogP contribution in [0.15, 0.2) is 24.3 Å². The second kappa shape index (κ2) is 5.24. The Balaban J connectivity index is 1.84. The molecule has 84 valence electrons. The third-order valence-electron chi connectivity index (χ3n) is 2.69. The average molecular weight is 234 g/mol. The van der Waals surface area contributed by atoms with E-state index in [2.05, 4.69) is 22.4 Å². The lowest BCUT2D eigenvalue weighted by Gasteiger charge is -2.05. The van der Waals surface area contributed by atoms with E-state index < -0.39 is 0 Å². The van der Waals surface area contributed by atoms with Gasteiger partial charge in [-0.05, 0) is 29.5 Å². The zero-order valence-corrected chi connectivity index (χ0v) is 10.0. The molecule has 0 aliphatic carbocycles. The zero-order valence-electron chi connectivity index (χ0n) is 9.22. The van der Waals surface area contributed by atoms with Crippen molar-refractivity contribution in [1.29, 1.82) is 5.26 Å². The fourth-order valence-electron chi connectivity index (χ4n) is 1.71. The van der Waals surface area contributed by atoms with Gasteiger partial charge in [-0.2, -0.15) is 5.26 Å². The van der Waals surface area contributed by atoms with Crippen LogP contribution in [0, 0.1) is 10.7 Å². The number of hydrogen-bond donors (Lipinski definition) is 0. The molecular formula is C12H14N2OS. The fraction of sp³-hybridized carbons (Fsp3) is 0.417. The second-order valence-electron chi connectivity index (χ2n) is 3.84. The molecule has 0 aromatic heterocycles. The quantitative estimate of drug-likeness (QED) is 0.577. The summed E-state index contributed by atoms with van der Waals surface area (Å²) in [5.41, 5.74) is 1.27. The van der Waals surface area contributed by atoms with Gasteiger partial charge in [-0.25, -0.2) is 0 Å². The molecule has 1 aliphatic rings. The first-order chi connectivity index (χ1) is 7.83. The molecule has 2 unspecified atom stereocenters. The van der Waals surface area contributed by atoms with E-state index in [0.717, 1.165) is 24.6 Å². The summed E-state index contributed by atoms with van der Waals surface area (Å²) in [6.45, 7) is 2.06. The molecule has 16 heavy (non-hydrogen) atoms.